The number of nitrogens with zero attached hydrogens (tertiary/aromatic N) is 3. The van der Waals surface area contributed by atoms with Crippen molar-refractivity contribution in [3.8, 4) is 0 Å². The average Bonchev–Trinajstić information content (AvgIpc) is 3.37. The number of carboxylic acid groups (broad SMARTS) is 1. The second kappa shape index (κ2) is 8.93. The number of hydrazone groups is 1. The van der Waals surface area contributed by atoms with Crippen LogP contribution in [0.5, 0.6) is 0 Å². The molecule has 1 saturated carbocycles. The molecule has 1 fully saturated rings. The average molecular weight is 498 g/mol. The van der Waals surface area contributed by atoms with Gasteiger partial charge in [0.05, 0.1) is 17.4 Å². The third-order valence-corrected chi connectivity index (χ3v) is 7.96. The lowest BCUT2D eigenvalue weighted by Crippen LogP contribution is -2.28. The summed E-state index contributed by atoms with van der Waals surface area (Å²) in [4.78, 5) is 16.5. The van der Waals surface area contributed by atoms with Crippen LogP contribution in [0.3, 0.4) is 0 Å². The Kier molecular flexibility index (Phi) is 5.99. The van der Waals surface area contributed by atoms with E-state index in [1.807, 2.05) is 53.5 Å². The summed E-state index contributed by atoms with van der Waals surface area (Å²) in [6.45, 7) is 1.72. The second-order valence-corrected chi connectivity index (χ2v) is 9.99. The first-order valence-corrected chi connectivity index (χ1v) is 12.3. The van der Waals surface area contributed by atoms with Crippen molar-refractivity contribution in [2.45, 2.75) is 32.2 Å². The maximum Gasteiger partial charge on any atom is 0.347 e. The first kappa shape index (κ1) is 22.1. The maximum absolute atomic E-state index is 11.7. The van der Waals surface area contributed by atoms with Crippen molar-refractivity contribution >= 4 is 57.4 Å². The normalized spacial score (nSPS) is 21.2. The van der Waals surface area contributed by atoms with Crippen molar-refractivity contribution in [2.24, 2.45) is 11.0 Å². The second-order valence-electron chi connectivity index (χ2n) is 8.20. The molecule has 5 nitrogen and oxygen atoms in total. The standard InChI is InChI=1S/C25H21Cl2N3O2S/c1-14-23(24(31)32)33-25(28-14)30-22(17-9-3-5-12-20(17)27)18-10-6-8-16(21(18)29-30)13-15-7-2-4-11-19(15)26/h2-5,7,9,11-13,18,22H,6,8,10H2,1H3,(H,31,32)/b16-13+/t18-,22+/m1/s1. The molecule has 0 spiro atoms. The van der Waals surface area contributed by atoms with Crippen LogP contribution in [0.25, 0.3) is 6.08 Å². The first-order valence-electron chi connectivity index (χ1n) is 10.7. The molecule has 0 unspecified atom stereocenters. The number of rotatable bonds is 4. The number of anilines is 1. The highest BCUT2D eigenvalue weighted by atomic mass is 35.5. The zero-order chi connectivity index (χ0) is 23.1. The number of aromatic carboxylic acids is 1. The Balaban J connectivity index is 1.64. The van der Waals surface area contributed by atoms with E-state index in [9.17, 15) is 9.90 Å². The molecule has 3 aromatic rings. The van der Waals surface area contributed by atoms with Crippen molar-refractivity contribution in [1.29, 1.82) is 0 Å². The number of thiazole rings is 1. The summed E-state index contributed by atoms with van der Waals surface area (Å²) in [6, 6.07) is 15.4. The molecule has 0 bridgehead atoms. The largest absolute Gasteiger partial charge is 0.477 e. The molecular weight excluding hydrogens is 477 g/mol. The van der Waals surface area contributed by atoms with E-state index in [1.165, 1.54) is 0 Å². The minimum absolute atomic E-state index is 0.116. The number of fused-ring (bicyclic) bond motifs is 1. The minimum atomic E-state index is -0.978. The van der Waals surface area contributed by atoms with E-state index < -0.39 is 5.97 Å². The number of hydrogen-bond donors (Lipinski definition) is 1. The van der Waals surface area contributed by atoms with Crippen LogP contribution in [0.15, 0.2) is 59.2 Å². The minimum Gasteiger partial charge on any atom is -0.477 e. The van der Waals surface area contributed by atoms with Crippen LogP contribution in [0, 0.1) is 12.8 Å². The van der Waals surface area contributed by atoms with Gasteiger partial charge in [0.15, 0.2) is 0 Å². The van der Waals surface area contributed by atoms with Gasteiger partial charge in [-0.15, -0.1) is 0 Å². The van der Waals surface area contributed by atoms with Crippen molar-refractivity contribution in [2.75, 3.05) is 5.01 Å². The molecule has 33 heavy (non-hydrogen) atoms. The molecule has 0 saturated heterocycles. The van der Waals surface area contributed by atoms with E-state index in [4.69, 9.17) is 28.3 Å². The highest BCUT2D eigenvalue weighted by Crippen LogP contribution is 2.48. The van der Waals surface area contributed by atoms with Crippen molar-refractivity contribution < 1.29 is 9.90 Å². The third kappa shape index (κ3) is 4.07. The lowest BCUT2D eigenvalue weighted by molar-refractivity contribution is 0.0701. The van der Waals surface area contributed by atoms with E-state index in [0.717, 1.165) is 53.0 Å². The van der Waals surface area contributed by atoms with E-state index in [2.05, 4.69) is 11.1 Å². The molecule has 1 aromatic heterocycles. The smallest absolute Gasteiger partial charge is 0.347 e. The SMILES string of the molecule is Cc1nc(N2N=C3/C(=C/c4ccccc4Cl)CCC[C@H]3[C@@H]2c2ccccc2Cl)sc1C(=O)O. The molecule has 2 aromatic carbocycles. The highest BCUT2D eigenvalue weighted by molar-refractivity contribution is 7.17. The number of aromatic nitrogens is 1. The fraction of sp³-hybridized carbons (Fsp3) is 0.240. The Labute approximate surface area is 206 Å². The topological polar surface area (TPSA) is 65.8 Å². The maximum atomic E-state index is 11.7. The van der Waals surface area contributed by atoms with Gasteiger partial charge in [-0.1, -0.05) is 70.9 Å². The van der Waals surface area contributed by atoms with Crippen molar-refractivity contribution in [1.82, 2.24) is 4.98 Å². The van der Waals surface area contributed by atoms with Gasteiger partial charge in [-0.25, -0.2) is 14.8 Å². The van der Waals surface area contributed by atoms with Crippen LogP contribution in [0.2, 0.25) is 10.0 Å². The molecule has 2 aliphatic rings. The molecule has 5 rings (SSSR count). The molecule has 2 heterocycles. The van der Waals surface area contributed by atoms with E-state index >= 15 is 0 Å². The summed E-state index contributed by atoms with van der Waals surface area (Å²) in [7, 11) is 0. The number of carboxylic acids is 1. The van der Waals surface area contributed by atoms with Crippen molar-refractivity contribution in [3.63, 3.8) is 0 Å². The molecule has 1 aliphatic heterocycles. The van der Waals surface area contributed by atoms with E-state index in [0.29, 0.717) is 20.9 Å². The zero-order valence-electron chi connectivity index (χ0n) is 17.8. The highest BCUT2D eigenvalue weighted by Gasteiger charge is 2.44. The predicted molar refractivity (Wildman–Crippen MR) is 135 cm³/mol. The van der Waals surface area contributed by atoms with Crippen LogP contribution < -0.4 is 5.01 Å². The number of aryl methyl sites for hydroxylation is 1. The number of carbonyl (C=O) groups is 1. The molecule has 1 aliphatic carbocycles. The van der Waals surface area contributed by atoms with Gasteiger partial charge in [-0.3, -0.25) is 0 Å². The Hall–Kier alpha value is -2.67. The van der Waals surface area contributed by atoms with Gasteiger partial charge in [0.1, 0.15) is 4.88 Å². The molecule has 2 atom stereocenters. The summed E-state index contributed by atoms with van der Waals surface area (Å²) in [5, 5.41) is 18.4. The van der Waals surface area contributed by atoms with Gasteiger partial charge in [0.25, 0.3) is 0 Å². The van der Waals surface area contributed by atoms with Crippen LogP contribution >= 0.6 is 34.5 Å². The number of benzene rings is 2. The Morgan fingerprint density at radius 2 is 1.88 bits per heavy atom. The zero-order valence-corrected chi connectivity index (χ0v) is 20.2. The predicted octanol–water partition coefficient (Wildman–Crippen LogP) is 7.26. The lowest BCUT2D eigenvalue weighted by atomic mass is 9.77. The van der Waals surface area contributed by atoms with E-state index in [1.54, 1.807) is 6.92 Å². The fourth-order valence-corrected chi connectivity index (χ4v) is 5.97. The Bertz CT molecular complexity index is 1300. The first-order chi connectivity index (χ1) is 15.9. The molecule has 1 N–H and O–H groups in total. The molecule has 0 radical (unpaired) electrons. The quantitative estimate of drug-likeness (QED) is 0.411. The van der Waals surface area contributed by atoms with Gasteiger partial charge in [0, 0.05) is 16.0 Å². The summed E-state index contributed by atoms with van der Waals surface area (Å²) in [5.41, 5.74) is 4.55. The molecule has 0 amide bonds. The van der Waals surface area contributed by atoms with Gasteiger partial charge in [0.2, 0.25) is 5.13 Å². The van der Waals surface area contributed by atoms with Gasteiger partial charge in [-0.05, 0) is 61.1 Å². The Morgan fingerprint density at radius 3 is 2.58 bits per heavy atom. The Morgan fingerprint density at radius 1 is 1.15 bits per heavy atom. The fourth-order valence-electron chi connectivity index (χ4n) is 4.64. The molecule has 8 heteroatoms. The van der Waals surface area contributed by atoms with Crippen molar-refractivity contribution in [3.05, 3.63) is 85.8 Å². The van der Waals surface area contributed by atoms with Crippen LogP contribution in [0.4, 0.5) is 5.13 Å². The van der Waals surface area contributed by atoms with Crippen LogP contribution in [-0.4, -0.2) is 21.8 Å². The van der Waals surface area contributed by atoms with E-state index in [-0.39, 0.29) is 16.8 Å². The number of hydrogen-bond acceptors (Lipinski definition) is 5. The number of halogens is 2. The van der Waals surface area contributed by atoms with Gasteiger partial charge < -0.3 is 5.11 Å². The summed E-state index contributed by atoms with van der Waals surface area (Å²) < 4.78 is 0. The summed E-state index contributed by atoms with van der Waals surface area (Å²) >= 11 is 14.2. The van der Waals surface area contributed by atoms with Gasteiger partial charge in [-0.2, -0.15) is 5.10 Å². The number of allylic oxidation sites excluding steroid dienone is 1. The lowest BCUT2D eigenvalue weighted by Gasteiger charge is -2.30. The summed E-state index contributed by atoms with van der Waals surface area (Å²) in [5.74, 6) is -0.862. The molecular formula is C25H21Cl2N3O2S. The van der Waals surface area contributed by atoms with Gasteiger partial charge >= 0.3 is 5.97 Å². The monoisotopic (exact) mass is 497 g/mol. The third-order valence-electron chi connectivity index (χ3n) is 6.14. The molecule has 168 valence electrons. The summed E-state index contributed by atoms with van der Waals surface area (Å²) in [6.07, 6.45) is 5.00. The van der Waals surface area contributed by atoms with Crippen LogP contribution in [0.1, 0.15) is 51.8 Å². The van der Waals surface area contributed by atoms with Crippen LogP contribution in [-0.2, 0) is 0 Å².